The third kappa shape index (κ3) is 4.90. The molecule has 0 amide bonds. The summed E-state index contributed by atoms with van der Waals surface area (Å²) < 4.78 is 46.7. The molecule has 0 spiro atoms. The summed E-state index contributed by atoms with van der Waals surface area (Å²) in [7, 11) is -0.428. The molecule has 0 aliphatic rings. The second-order valence-electron chi connectivity index (χ2n) is 8.13. The van der Waals surface area contributed by atoms with Crippen LogP contribution in [0.3, 0.4) is 0 Å². The van der Waals surface area contributed by atoms with E-state index >= 15 is 0 Å². The molecule has 1 atom stereocenters. The molecule has 4 rings (SSSR count). The Hall–Kier alpha value is -4.43. The molecule has 0 radical (unpaired) electrons. The summed E-state index contributed by atoms with van der Waals surface area (Å²) >= 11 is 0. The van der Waals surface area contributed by atoms with Crippen LogP contribution in [0.2, 0.25) is 0 Å². The fourth-order valence-corrected chi connectivity index (χ4v) is 4.60. The molecule has 0 aliphatic carbocycles. The lowest BCUT2D eigenvalue weighted by molar-refractivity contribution is 0.0600. The topological polar surface area (TPSA) is 160 Å². The molecule has 3 heterocycles. The number of aryl methyl sites for hydroxylation is 1. The number of ether oxygens (including phenoxy) is 3. The van der Waals surface area contributed by atoms with Crippen LogP contribution < -0.4 is 9.46 Å². The van der Waals surface area contributed by atoms with Crippen molar-refractivity contribution in [2.75, 3.05) is 26.1 Å². The summed E-state index contributed by atoms with van der Waals surface area (Å²) in [5, 5.41) is 8.28. The van der Waals surface area contributed by atoms with Crippen LogP contribution in [0, 0.1) is 6.92 Å². The van der Waals surface area contributed by atoms with E-state index in [1.165, 1.54) is 51.3 Å². The number of sulfonamides is 1. The number of hydrogen-bond donors (Lipinski definition) is 1. The molecular weight excluding hydrogens is 514 g/mol. The van der Waals surface area contributed by atoms with E-state index in [0.717, 1.165) is 5.56 Å². The summed E-state index contributed by atoms with van der Waals surface area (Å²) in [6.45, 7) is 3.10. The van der Waals surface area contributed by atoms with Gasteiger partial charge in [0.2, 0.25) is 16.8 Å². The van der Waals surface area contributed by atoms with Gasteiger partial charge in [0.15, 0.2) is 11.6 Å². The largest absolute Gasteiger partial charge is 0.481 e. The van der Waals surface area contributed by atoms with Gasteiger partial charge in [0.25, 0.3) is 10.0 Å². The average Bonchev–Trinajstić information content (AvgIpc) is 3.35. The number of anilines is 1. The molecule has 0 saturated heterocycles. The third-order valence-electron chi connectivity index (χ3n) is 5.67. The highest BCUT2D eigenvalue weighted by Gasteiger charge is 2.45. The first kappa shape index (κ1) is 26.6. The van der Waals surface area contributed by atoms with Gasteiger partial charge in [-0.1, -0.05) is 12.1 Å². The van der Waals surface area contributed by atoms with Crippen LogP contribution in [0.5, 0.6) is 5.88 Å². The molecule has 1 unspecified atom stereocenters. The van der Waals surface area contributed by atoms with Crippen molar-refractivity contribution >= 4 is 21.9 Å². The predicted octanol–water partition coefficient (Wildman–Crippen LogP) is 2.48. The lowest BCUT2D eigenvalue weighted by Gasteiger charge is -2.26. The standard InChI is InChI=1S/C24H25N7O6S/c1-15-13-25-22(26-14-15)24(2,37-5)38(33,34)30-23-29-28-20(18-10-7-11-19(27-18)35-3)31(23)17-9-6-8-16(12-17)21(32)36-4/h6-14H,1-5H3,(H,29,30). The Morgan fingerprint density at radius 1 is 1.03 bits per heavy atom. The lowest BCUT2D eigenvalue weighted by Crippen LogP contribution is -2.41. The molecule has 13 nitrogen and oxygen atoms in total. The molecule has 0 saturated carbocycles. The van der Waals surface area contributed by atoms with Crippen LogP contribution in [-0.2, 0) is 24.4 Å². The maximum atomic E-state index is 13.7. The van der Waals surface area contributed by atoms with Crippen LogP contribution in [0.25, 0.3) is 17.2 Å². The maximum absolute atomic E-state index is 13.7. The molecule has 0 aliphatic heterocycles. The number of nitrogens with one attached hydrogen (secondary N) is 1. The van der Waals surface area contributed by atoms with Gasteiger partial charge in [-0.05, 0) is 43.7 Å². The summed E-state index contributed by atoms with van der Waals surface area (Å²) in [6.07, 6.45) is 2.98. The highest BCUT2D eigenvalue weighted by molar-refractivity contribution is 7.93. The van der Waals surface area contributed by atoms with E-state index in [-0.39, 0.29) is 23.2 Å². The number of carbonyl (C=O) groups is 1. The molecule has 14 heteroatoms. The zero-order valence-corrected chi connectivity index (χ0v) is 22.1. The first-order valence-corrected chi connectivity index (χ1v) is 12.6. The SMILES string of the molecule is COC(=O)c1cccc(-n2c(NS(=O)(=O)C(C)(OC)c3ncc(C)cn3)nnc2-c2cccc(OC)n2)c1. The van der Waals surface area contributed by atoms with Crippen LogP contribution in [-0.4, -0.2) is 65.4 Å². The molecule has 198 valence electrons. The quantitative estimate of drug-likeness (QED) is 0.311. The minimum absolute atomic E-state index is 0.0773. The highest BCUT2D eigenvalue weighted by atomic mass is 32.2. The number of methoxy groups -OCH3 is 3. The van der Waals surface area contributed by atoms with Gasteiger partial charge in [0.1, 0.15) is 5.69 Å². The summed E-state index contributed by atoms with van der Waals surface area (Å²) in [4.78, 5) is 22.9. The number of benzene rings is 1. The molecule has 4 aromatic rings. The fourth-order valence-electron chi connectivity index (χ4n) is 3.47. The van der Waals surface area contributed by atoms with Crippen LogP contribution >= 0.6 is 0 Å². The minimum Gasteiger partial charge on any atom is -0.481 e. The molecule has 38 heavy (non-hydrogen) atoms. The van der Waals surface area contributed by atoms with E-state index in [9.17, 15) is 13.2 Å². The van der Waals surface area contributed by atoms with E-state index in [1.807, 2.05) is 0 Å². The van der Waals surface area contributed by atoms with Crippen molar-refractivity contribution in [3.05, 3.63) is 71.8 Å². The molecule has 0 bridgehead atoms. The van der Waals surface area contributed by atoms with E-state index in [4.69, 9.17) is 14.2 Å². The Labute approximate surface area is 218 Å². The van der Waals surface area contributed by atoms with Crippen molar-refractivity contribution in [1.29, 1.82) is 0 Å². The van der Waals surface area contributed by atoms with E-state index in [0.29, 0.717) is 17.3 Å². The van der Waals surface area contributed by atoms with Gasteiger partial charge in [-0.25, -0.2) is 32.9 Å². The van der Waals surface area contributed by atoms with Gasteiger partial charge in [0.05, 0.1) is 25.5 Å². The molecule has 1 aromatic carbocycles. The Morgan fingerprint density at radius 3 is 2.39 bits per heavy atom. The second kappa shape index (κ2) is 10.5. The maximum Gasteiger partial charge on any atom is 0.337 e. The van der Waals surface area contributed by atoms with Crippen LogP contribution in [0.1, 0.15) is 28.7 Å². The summed E-state index contributed by atoms with van der Waals surface area (Å²) in [6, 6.07) is 11.3. The first-order valence-electron chi connectivity index (χ1n) is 11.2. The Balaban J connectivity index is 1.88. The van der Waals surface area contributed by atoms with E-state index in [2.05, 4.69) is 29.9 Å². The predicted molar refractivity (Wildman–Crippen MR) is 136 cm³/mol. The minimum atomic E-state index is -4.39. The highest BCUT2D eigenvalue weighted by Crippen LogP contribution is 2.32. The van der Waals surface area contributed by atoms with E-state index < -0.39 is 20.9 Å². The number of aromatic nitrogens is 6. The molecule has 0 fully saturated rings. The van der Waals surface area contributed by atoms with Gasteiger partial charge in [-0.2, -0.15) is 0 Å². The summed E-state index contributed by atoms with van der Waals surface area (Å²) in [5.74, 6) is -0.361. The first-order chi connectivity index (χ1) is 18.1. The van der Waals surface area contributed by atoms with Crippen molar-refractivity contribution in [1.82, 2.24) is 29.7 Å². The number of esters is 1. The van der Waals surface area contributed by atoms with Crippen LogP contribution in [0.4, 0.5) is 5.95 Å². The Morgan fingerprint density at radius 2 is 1.74 bits per heavy atom. The fraction of sp³-hybridized carbons (Fsp3) is 0.250. The number of rotatable bonds is 9. The van der Waals surface area contributed by atoms with Gasteiger partial charge in [0, 0.05) is 25.6 Å². The van der Waals surface area contributed by atoms with Crippen molar-refractivity contribution in [3.63, 3.8) is 0 Å². The molecule has 3 aromatic heterocycles. The Bertz CT molecular complexity index is 1570. The monoisotopic (exact) mass is 539 g/mol. The van der Waals surface area contributed by atoms with E-state index in [1.54, 1.807) is 43.3 Å². The van der Waals surface area contributed by atoms with Gasteiger partial charge < -0.3 is 14.2 Å². The normalized spacial score (nSPS) is 13.0. The smallest absolute Gasteiger partial charge is 0.337 e. The molecule has 1 N–H and O–H groups in total. The van der Waals surface area contributed by atoms with Crippen molar-refractivity contribution < 1.29 is 27.4 Å². The number of carbonyl (C=O) groups excluding carboxylic acids is 1. The number of hydrogen-bond acceptors (Lipinski definition) is 11. The number of pyridine rings is 1. The Kier molecular flexibility index (Phi) is 7.37. The van der Waals surface area contributed by atoms with Gasteiger partial charge in [-0.3, -0.25) is 4.57 Å². The lowest BCUT2D eigenvalue weighted by atomic mass is 10.2. The van der Waals surface area contributed by atoms with Crippen molar-refractivity contribution in [2.24, 2.45) is 0 Å². The zero-order valence-electron chi connectivity index (χ0n) is 21.2. The van der Waals surface area contributed by atoms with Gasteiger partial charge in [-0.15, -0.1) is 10.2 Å². The summed E-state index contributed by atoms with van der Waals surface area (Å²) in [5.41, 5.74) is 1.67. The van der Waals surface area contributed by atoms with Crippen molar-refractivity contribution in [3.8, 4) is 23.1 Å². The van der Waals surface area contributed by atoms with Crippen molar-refractivity contribution in [2.45, 2.75) is 18.8 Å². The van der Waals surface area contributed by atoms with Crippen LogP contribution in [0.15, 0.2) is 54.9 Å². The average molecular weight is 540 g/mol. The number of nitrogens with zero attached hydrogens (tertiary/aromatic N) is 6. The molecular formula is C24H25N7O6S. The third-order valence-corrected chi connectivity index (χ3v) is 7.49. The second-order valence-corrected chi connectivity index (χ2v) is 10.1. The zero-order chi connectivity index (χ0) is 27.5. The van der Waals surface area contributed by atoms with Gasteiger partial charge >= 0.3 is 5.97 Å².